The van der Waals surface area contributed by atoms with E-state index in [4.69, 9.17) is 25.8 Å². The second kappa shape index (κ2) is 8.47. The predicted molar refractivity (Wildman–Crippen MR) is 79.0 cm³/mol. The van der Waals surface area contributed by atoms with Crippen molar-refractivity contribution >= 4 is 29.3 Å². The zero-order valence-electron chi connectivity index (χ0n) is 12.9. The highest BCUT2D eigenvalue weighted by Crippen LogP contribution is 2.29. The second-order valence-electron chi connectivity index (χ2n) is 4.27. The molecular formula is C15H16ClFO6. The van der Waals surface area contributed by atoms with Gasteiger partial charge in [0.25, 0.3) is 0 Å². The van der Waals surface area contributed by atoms with E-state index in [1.807, 2.05) is 0 Å². The molecule has 0 amide bonds. The molecule has 0 radical (unpaired) electrons. The molecule has 126 valence electrons. The van der Waals surface area contributed by atoms with Gasteiger partial charge in [0, 0.05) is 0 Å². The minimum absolute atomic E-state index is 0.0304. The van der Waals surface area contributed by atoms with Crippen molar-refractivity contribution in [3.8, 4) is 5.75 Å². The van der Waals surface area contributed by atoms with Crippen LogP contribution in [-0.2, 0) is 19.1 Å². The standard InChI is InChI=1S/C15H16ClFO6/c1-4-22-14(19)12(15(20)23-5-2)13(18)8-6-11(21-3)9(16)7-10(8)17/h6-7,12H,4-5H2,1-3H3. The zero-order chi connectivity index (χ0) is 17.6. The van der Waals surface area contributed by atoms with E-state index in [9.17, 15) is 18.8 Å². The largest absolute Gasteiger partial charge is 0.495 e. The molecule has 1 aromatic carbocycles. The molecule has 0 aliphatic rings. The van der Waals surface area contributed by atoms with E-state index in [0.717, 1.165) is 12.1 Å². The number of methoxy groups -OCH3 is 1. The van der Waals surface area contributed by atoms with Gasteiger partial charge in [-0.05, 0) is 26.0 Å². The van der Waals surface area contributed by atoms with Crippen LogP contribution in [0.25, 0.3) is 0 Å². The van der Waals surface area contributed by atoms with Crippen molar-refractivity contribution in [3.63, 3.8) is 0 Å². The summed E-state index contributed by atoms with van der Waals surface area (Å²) in [6, 6.07) is 1.88. The fourth-order valence-corrected chi connectivity index (χ4v) is 2.02. The molecule has 0 saturated heterocycles. The van der Waals surface area contributed by atoms with Crippen molar-refractivity contribution in [2.75, 3.05) is 20.3 Å². The maximum atomic E-state index is 14.0. The number of Topliss-reactive ketones (excluding diaryl/α,β-unsaturated/α-hetero) is 1. The Kier molecular flexibility index (Phi) is 6.96. The van der Waals surface area contributed by atoms with Gasteiger partial charge in [0.05, 0.1) is 30.9 Å². The fraction of sp³-hybridized carbons (Fsp3) is 0.400. The minimum atomic E-state index is -1.91. The van der Waals surface area contributed by atoms with Crippen LogP contribution >= 0.6 is 11.6 Å². The molecule has 0 fully saturated rings. The Labute approximate surface area is 137 Å². The normalized spacial score (nSPS) is 10.3. The molecule has 23 heavy (non-hydrogen) atoms. The van der Waals surface area contributed by atoms with Gasteiger partial charge in [0.15, 0.2) is 5.78 Å². The number of hydrogen-bond donors (Lipinski definition) is 0. The van der Waals surface area contributed by atoms with Crippen LogP contribution in [0, 0.1) is 11.7 Å². The highest BCUT2D eigenvalue weighted by molar-refractivity contribution is 6.32. The Hall–Kier alpha value is -2.15. The molecule has 0 aliphatic carbocycles. The summed E-state index contributed by atoms with van der Waals surface area (Å²) in [7, 11) is 1.28. The average molecular weight is 347 g/mol. The Morgan fingerprint density at radius 3 is 2.09 bits per heavy atom. The summed E-state index contributed by atoms with van der Waals surface area (Å²) >= 11 is 5.75. The SMILES string of the molecule is CCOC(=O)C(C(=O)OCC)C(=O)c1cc(OC)c(Cl)cc1F. The lowest BCUT2D eigenvalue weighted by Crippen LogP contribution is -2.35. The molecule has 8 heteroatoms. The number of ether oxygens (including phenoxy) is 3. The van der Waals surface area contributed by atoms with Crippen molar-refractivity contribution < 1.29 is 33.0 Å². The van der Waals surface area contributed by atoms with Crippen molar-refractivity contribution in [1.29, 1.82) is 0 Å². The topological polar surface area (TPSA) is 78.9 Å². The molecule has 0 heterocycles. The van der Waals surface area contributed by atoms with E-state index in [2.05, 4.69) is 0 Å². The number of carbonyl (C=O) groups excluding carboxylic acids is 3. The third kappa shape index (κ3) is 4.41. The number of rotatable bonds is 7. The average Bonchev–Trinajstić information content (AvgIpc) is 2.48. The lowest BCUT2D eigenvalue weighted by molar-refractivity contribution is -0.158. The summed E-state index contributed by atoms with van der Waals surface area (Å²) in [6.07, 6.45) is 0. The zero-order valence-corrected chi connectivity index (χ0v) is 13.6. The van der Waals surface area contributed by atoms with Crippen LogP contribution < -0.4 is 4.74 Å². The summed E-state index contributed by atoms with van der Waals surface area (Å²) in [5, 5.41) is -0.0506. The first-order chi connectivity index (χ1) is 10.9. The first kappa shape index (κ1) is 18.9. The molecule has 1 aromatic rings. The van der Waals surface area contributed by atoms with Gasteiger partial charge < -0.3 is 14.2 Å². The monoisotopic (exact) mass is 346 g/mol. The first-order valence-corrected chi connectivity index (χ1v) is 7.15. The van der Waals surface area contributed by atoms with Crippen molar-refractivity contribution in [2.24, 2.45) is 5.92 Å². The number of halogens is 2. The van der Waals surface area contributed by atoms with E-state index < -0.39 is 35.0 Å². The summed E-state index contributed by atoms with van der Waals surface area (Å²) in [5.41, 5.74) is -0.516. The highest BCUT2D eigenvalue weighted by Gasteiger charge is 2.39. The van der Waals surface area contributed by atoms with E-state index in [0.29, 0.717) is 0 Å². The third-order valence-electron chi connectivity index (χ3n) is 2.81. The summed E-state index contributed by atoms with van der Waals surface area (Å²) in [5.74, 6) is -6.17. The van der Waals surface area contributed by atoms with Crippen LogP contribution in [0.2, 0.25) is 5.02 Å². The first-order valence-electron chi connectivity index (χ1n) is 6.77. The van der Waals surface area contributed by atoms with Crippen LogP contribution in [0.5, 0.6) is 5.75 Å². The van der Waals surface area contributed by atoms with Crippen molar-refractivity contribution in [1.82, 2.24) is 0 Å². The number of esters is 2. The Morgan fingerprint density at radius 1 is 1.13 bits per heavy atom. The Bertz CT molecular complexity index is 598. The molecule has 0 spiro atoms. The van der Waals surface area contributed by atoms with Gasteiger partial charge in [-0.2, -0.15) is 0 Å². The third-order valence-corrected chi connectivity index (χ3v) is 3.11. The van der Waals surface area contributed by atoms with Gasteiger partial charge in [-0.3, -0.25) is 14.4 Å². The quantitative estimate of drug-likeness (QED) is 0.428. The minimum Gasteiger partial charge on any atom is -0.495 e. The maximum absolute atomic E-state index is 14.0. The van der Waals surface area contributed by atoms with Gasteiger partial charge in [0.2, 0.25) is 5.92 Å². The van der Waals surface area contributed by atoms with Gasteiger partial charge in [-0.15, -0.1) is 0 Å². The smallest absolute Gasteiger partial charge is 0.328 e. The predicted octanol–water partition coefficient (Wildman–Crippen LogP) is 2.41. The second-order valence-corrected chi connectivity index (χ2v) is 4.68. The van der Waals surface area contributed by atoms with Gasteiger partial charge in [0.1, 0.15) is 11.6 Å². The van der Waals surface area contributed by atoms with Crippen LogP contribution in [-0.4, -0.2) is 38.0 Å². The molecule has 0 unspecified atom stereocenters. The number of ketones is 1. The van der Waals surface area contributed by atoms with E-state index in [1.54, 1.807) is 0 Å². The Balaban J connectivity index is 3.29. The summed E-state index contributed by atoms with van der Waals surface area (Å²) in [6.45, 7) is 2.93. The molecule has 0 saturated carbocycles. The number of benzene rings is 1. The fourth-order valence-electron chi connectivity index (χ4n) is 1.79. The molecule has 6 nitrogen and oxygen atoms in total. The van der Waals surface area contributed by atoms with E-state index >= 15 is 0 Å². The molecule has 0 aromatic heterocycles. The lowest BCUT2D eigenvalue weighted by atomic mass is 9.97. The molecule has 0 atom stereocenters. The van der Waals surface area contributed by atoms with Crippen LogP contribution in [0.15, 0.2) is 12.1 Å². The molecule has 1 rings (SSSR count). The molecule has 0 N–H and O–H groups in total. The van der Waals surface area contributed by atoms with E-state index in [-0.39, 0.29) is 24.0 Å². The van der Waals surface area contributed by atoms with Gasteiger partial charge in [-0.1, -0.05) is 11.6 Å². The van der Waals surface area contributed by atoms with Crippen molar-refractivity contribution in [3.05, 3.63) is 28.5 Å². The molecule has 0 bridgehead atoms. The maximum Gasteiger partial charge on any atom is 0.328 e. The van der Waals surface area contributed by atoms with Crippen molar-refractivity contribution in [2.45, 2.75) is 13.8 Å². The summed E-state index contributed by atoms with van der Waals surface area (Å²) in [4.78, 5) is 36.2. The molecular weight excluding hydrogens is 331 g/mol. The number of hydrogen-bond acceptors (Lipinski definition) is 6. The van der Waals surface area contributed by atoms with Gasteiger partial charge >= 0.3 is 11.9 Å². The van der Waals surface area contributed by atoms with Crippen LogP contribution in [0.4, 0.5) is 4.39 Å². The Morgan fingerprint density at radius 2 is 1.65 bits per heavy atom. The molecule has 0 aliphatic heterocycles. The van der Waals surface area contributed by atoms with Gasteiger partial charge in [-0.25, -0.2) is 4.39 Å². The van der Waals surface area contributed by atoms with Crippen LogP contribution in [0.3, 0.4) is 0 Å². The van der Waals surface area contributed by atoms with Crippen LogP contribution in [0.1, 0.15) is 24.2 Å². The summed E-state index contributed by atoms with van der Waals surface area (Å²) < 4.78 is 28.3. The lowest BCUT2D eigenvalue weighted by Gasteiger charge is -2.14. The highest BCUT2D eigenvalue weighted by atomic mass is 35.5. The number of carbonyl (C=O) groups is 3. The van der Waals surface area contributed by atoms with E-state index in [1.165, 1.54) is 21.0 Å².